The lowest BCUT2D eigenvalue weighted by atomic mass is 10.0. The van der Waals surface area contributed by atoms with E-state index in [1.165, 1.54) is 5.56 Å². The number of pyridine rings is 1. The number of hydrogen-bond donors (Lipinski definition) is 0. The van der Waals surface area contributed by atoms with Gasteiger partial charge in [-0.05, 0) is 29.7 Å². The van der Waals surface area contributed by atoms with E-state index in [2.05, 4.69) is 11.9 Å². The van der Waals surface area contributed by atoms with Crippen LogP contribution in [0.15, 0.2) is 18.3 Å². The van der Waals surface area contributed by atoms with E-state index in [4.69, 9.17) is 7.85 Å². The van der Waals surface area contributed by atoms with E-state index in [0.717, 1.165) is 6.42 Å². The molecule has 1 heterocycles. The second-order valence-corrected chi connectivity index (χ2v) is 1.94. The minimum absolute atomic E-state index is 0.606. The van der Waals surface area contributed by atoms with Crippen LogP contribution >= 0.6 is 0 Å². The van der Waals surface area contributed by atoms with Crippen LogP contribution in [0.5, 0.6) is 0 Å². The van der Waals surface area contributed by atoms with Crippen LogP contribution in [0.2, 0.25) is 0 Å². The van der Waals surface area contributed by atoms with Crippen molar-refractivity contribution in [3.63, 3.8) is 0 Å². The first-order valence-corrected chi connectivity index (χ1v) is 3.03. The third-order valence-electron chi connectivity index (χ3n) is 1.25. The molecule has 0 saturated heterocycles. The van der Waals surface area contributed by atoms with Gasteiger partial charge in [0.15, 0.2) is 0 Å². The highest BCUT2D eigenvalue weighted by molar-refractivity contribution is 6.30. The number of aromatic nitrogens is 1. The van der Waals surface area contributed by atoms with Crippen molar-refractivity contribution in [2.45, 2.75) is 13.3 Å². The third-order valence-corrected chi connectivity index (χ3v) is 1.25. The molecule has 9 heavy (non-hydrogen) atoms. The Kier molecular flexibility index (Phi) is 1.88. The lowest BCUT2D eigenvalue weighted by Crippen LogP contribution is -2.07. The van der Waals surface area contributed by atoms with E-state index in [1.807, 2.05) is 12.1 Å². The molecule has 0 aromatic carbocycles. The Labute approximate surface area is 56.5 Å². The van der Waals surface area contributed by atoms with Gasteiger partial charge in [0.05, 0.1) is 0 Å². The fourth-order valence-electron chi connectivity index (χ4n) is 0.714. The SMILES string of the molecule is [B]c1cc(CC)ccn1. The smallest absolute Gasteiger partial charge is 0.141 e. The molecule has 0 atom stereocenters. The molecular weight excluding hydrogens is 109 g/mol. The molecule has 2 heteroatoms. The van der Waals surface area contributed by atoms with Gasteiger partial charge in [-0.3, -0.25) is 4.98 Å². The molecule has 2 radical (unpaired) electrons. The van der Waals surface area contributed by atoms with Crippen molar-refractivity contribution in [1.82, 2.24) is 4.98 Å². The summed E-state index contributed by atoms with van der Waals surface area (Å²) in [5, 5.41) is 0. The van der Waals surface area contributed by atoms with E-state index in [-0.39, 0.29) is 0 Å². The Hall–Kier alpha value is -0.785. The molecule has 0 amide bonds. The van der Waals surface area contributed by atoms with Crippen molar-refractivity contribution in [2.24, 2.45) is 0 Å². The van der Waals surface area contributed by atoms with Crippen LogP contribution in [0.25, 0.3) is 0 Å². The lowest BCUT2D eigenvalue weighted by molar-refractivity contribution is 1.13. The van der Waals surface area contributed by atoms with Gasteiger partial charge < -0.3 is 0 Å². The van der Waals surface area contributed by atoms with E-state index in [1.54, 1.807) is 6.20 Å². The van der Waals surface area contributed by atoms with Gasteiger partial charge in [-0.25, -0.2) is 0 Å². The van der Waals surface area contributed by atoms with E-state index < -0.39 is 0 Å². The highest BCUT2D eigenvalue weighted by atomic mass is 14.6. The molecule has 1 nitrogen and oxygen atoms in total. The van der Waals surface area contributed by atoms with Crippen LogP contribution in [-0.2, 0) is 6.42 Å². The summed E-state index contributed by atoms with van der Waals surface area (Å²) in [4.78, 5) is 3.87. The van der Waals surface area contributed by atoms with Crippen molar-refractivity contribution in [1.29, 1.82) is 0 Å². The molecule has 44 valence electrons. The molecule has 1 aromatic rings. The Morgan fingerprint density at radius 2 is 2.44 bits per heavy atom. The predicted molar refractivity (Wildman–Crippen MR) is 39.0 cm³/mol. The molecule has 0 spiro atoms. The van der Waals surface area contributed by atoms with Gasteiger partial charge in [0.2, 0.25) is 0 Å². The minimum atomic E-state index is 0.606. The average Bonchev–Trinajstić information content (AvgIpc) is 1.88. The van der Waals surface area contributed by atoms with Crippen LogP contribution in [0, 0.1) is 0 Å². The molecular formula is C7H8BN. The zero-order valence-electron chi connectivity index (χ0n) is 5.46. The van der Waals surface area contributed by atoms with Gasteiger partial charge in [0.25, 0.3) is 0 Å². The van der Waals surface area contributed by atoms with E-state index >= 15 is 0 Å². The Balaban J connectivity index is 2.94. The summed E-state index contributed by atoms with van der Waals surface area (Å²) in [6.07, 6.45) is 2.75. The highest BCUT2D eigenvalue weighted by Gasteiger charge is 1.86. The quantitative estimate of drug-likeness (QED) is 0.486. The maximum Gasteiger partial charge on any atom is 0.141 e. The molecule has 0 unspecified atom stereocenters. The zero-order valence-corrected chi connectivity index (χ0v) is 5.46. The molecule has 0 aliphatic rings. The summed E-state index contributed by atoms with van der Waals surface area (Å²) in [7, 11) is 5.42. The summed E-state index contributed by atoms with van der Waals surface area (Å²) in [6, 6.07) is 3.86. The Morgan fingerprint density at radius 1 is 1.67 bits per heavy atom. The van der Waals surface area contributed by atoms with Crippen LogP contribution in [0.4, 0.5) is 0 Å². The summed E-state index contributed by atoms with van der Waals surface area (Å²) >= 11 is 0. The summed E-state index contributed by atoms with van der Waals surface area (Å²) in [5.41, 5.74) is 1.84. The van der Waals surface area contributed by atoms with Crippen LogP contribution in [0.1, 0.15) is 12.5 Å². The minimum Gasteiger partial charge on any atom is -0.273 e. The second kappa shape index (κ2) is 2.67. The van der Waals surface area contributed by atoms with Gasteiger partial charge in [-0.2, -0.15) is 0 Å². The van der Waals surface area contributed by atoms with Crippen LogP contribution in [0.3, 0.4) is 0 Å². The van der Waals surface area contributed by atoms with Crippen molar-refractivity contribution >= 4 is 13.4 Å². The first-order chi connectivity index (χ1) is 4.33. The largest absolute Gasteiger partial charge is 0.273 e. The molecule has 0 aliphatic carbocycles. The molecule has 0 bridgehead atoms. The summed E-state index contributed by atoms with van der Waals surface area (Å²) in [6.45, 7) is 2.09. The van der Waals surface area contributed by atoms with Crippen molar-refractivity contribution in [3.05, 3.63) is 23.9 Å². The second-order valence-electron chi connectivity index (χ2n) is 1.94. The van der Waals surface area contributed by atoms with Crippen LogP contribution in [-0.4, -0.2) is 12.8 Å². The molecule has 0 fully saturated rings. The van der Waals surface area contributed by atoms with Crippen molar-refractivity contribution in [3.8, 4) is 0 Å². The fraction of sp³-hybridized carbons (Fsp3) is 0.286. The van der Waals surface area contributed by atoms with Gasteiger partial charge in [0.1, 0.15) is 7.85 Å². The van der Waals surface area contributed by atoms with Gasteiger partial charge in [-0.1, -0.05) is 6.92 Å². The Bertz CT molecular complexity index is 198. The lowest BCUT2D eigenvalue weighted by Gasteiger charge is -1.94. The predicted octanol–water partition coefficient (Wildman–Crippen LogP) is 0.438. The monoisotopic (exact) mass is 117 g/mol. The van der Waals surface area contributed by atoms with Gasteiger partial charge in [-0.15, -0.1) is 0 Å². The van der Waals surface area contributed by atoms with E-state index in [9.17, 15) is 0 Å². The number of aryl methyl sites for hydroxylation is 1. The highest BCUT2D eigenvalue weighted by Crippen LogP contribution is 1.92. The first kappa shape index (κ1) is 6.34. The summed E-state index contributed by atoms with van der Waals surface area (Å²) < 4.78 is 0. The fourth-order valence-corrected chi connectivity index (χ4v) is 0.714. The average molecular weight is 117 g/mol. The normalized spacial score (nSPS) is 9.44. The zero-order chi connectivity index (χ0) is 6.69. The third kappa shape index (κ3) is 1.56. The maximum atomic E-state index is 5.42. The summed E-state index contributed by atoms with van der Waals surface area (Å²) in [5.74, 6) is 0. The standard InChI is InChI=1S/C7H8BN/c1-2-6-3-4-9-7(8)5-6/h3-5H,2H2,1H3. The maximum absolute atomic E-state index is 5.42. The molecule has 1 rings (SSSR count). The molecule has 1 aromatic heterocycles. The van der Waals surface area contributed by atoms with Crippen molar-refractivity contribution in [2.75, 3.05) is 0 Å². The topological polar surface area (TPSA) is 12.9 Å². The van der Waals surface area contributed by atoms with Gasteiger partial charge in [0, 0.05) is 6.20 Å². The first-order valence-electron chi connectivity index (χ1n) is 3.03. The van der Waals surface area contributed by atoms with E-state index in [0.29, 0.717) is 5.59 Å². The van der Waals surface area contributed by atoms with Crippen LogP contribution < -0.4 is 5.59 Å². The molecule has 0 N–H and O–H groups in total. The van der Waals surface area contributed by atoms with Gasteiger partial charge >= 0.3 is 0 Å². The van der Waals surface area contributed by atoms with Crippen molar-refractivity contribution < 1.29 is 0 Å². The molecule has 0 saturated carbocycles. The Morgan fingerprint density at radius 3 is 2.89 bits per heavy atom. The number of nitrogens with zero attached hydrogens (tertiary/aromatic N) is 1. The molecule has 0 aliphatic heterocycles. The number of rotatable bonds is 1. The number of hydrogen-bond acceptors (Lipinski definition) is 1.